The molecule has 1 aliphatic heterocycles. The lowest BCUT2D eigenvalue weighted by atomic mass is 9.92. The van der Waals surface area contributed by atoms with Crippen molar-refractivity contribution < 1.29 is 5.11 Å². The number of azide groups is 1. The zero-order chi connectivity index (χ0) is 10.4. The average molecular weight is 198 g/mol. The highest BCUT2D eigenvalue weighted by Crippen LogP contribution is 2.19. The molecule has 1 N–H and O–H groups in total. The first-order chi connectivity index (χ1) is 6.77. The van der Waals surface area contributed by atoms with Gasteiger partial charge in [-0.1, -0.05) is 12.0 Å². The van der Waals surface area contributed by atoms with Crippen molar-refractivity contribution in [2.24, 2.45) is 11.0 Å². The predicted molar refractivity (Wildman–Crippen MR) is 54.9 cm³/mol. The molecule has 5 heteroatoms. The van der Waals surface area contributed by atoms with Gasteiger partial charge in [-0.3, -0.25) is 0 Å². The molecule has 0 saturated carbocycles. The summed E-state index contributed by atoms with van der Waals surface area (Å²) in [4.78, 5) is 4.98. The van der Waals surface area contributed by atoms with E-state index in [9.17, 15) is 5.11 Å². The van der Waals surface area contributed by atoms with Gasteiger partial charge in [0.25, 0.3) is 0 Å². The molecule has 1 rings (SSSR count). The van der Waals surface area contributed by atoms with Crippen molar-refractivity contribution in [3.8, 4) is 0 Å². The SMILES string of the molecule is CC[C@H]1CN(CCN=[N+]=[N-])CC[C@H]1O. The number of hydrogen-bond acceptors (Lipinski definition) is 3. The number of piperidine rings is 1. The molecule has 0 radical (unpaired) electrons. The molecule has 0 bridgehead atoms. The van der Waals surface area contributed by atoms with Gasteiger partial charge < -0.3 is 10.0 Å². The topological polar surface area (TPSA) is 72.2 Å². The first-order valence-corrected chi connectivity index (χ1v) is 5.19. The second-order valence-corrected chi connectivity index (χ2v) is 3.78. The Morgan fingerprint density at radius 3 is 3.07 bits per heavy atom. The summed E-state index contributed by atoms with van der Waals surface area (Å²) in [5.74, 6) is 0.384. The molecule has 0 spiro atoms. The van der Waals surface area contributed by atoms with Crippen LogP contribution in [-0.2, 0) is 0 Å². The predicted octanol–water partition coefficient (Wildman–Crippen LogP) is 1.39. The van der Waals surface area contributed by atoms with Gasteiger partial charge in [0.15, 0.2) is 0 Å². The molecule has 0 aromatic rings. The lowest BCUT2D eigenvalue weighted by molar-refractivity contribution is 0.0264. The third-order valence-corrected chi connectivity index (χ3v) is 2.88. The van der Waals surface area contributed by atoms with Crippen molar-refractivity contribution in [3.05, 3.63) is 10.4 Å². The summed E-state index contributed by atoms with van der Waals surface area (Å²) in [7, 11) is 0. The van der Waals surface area contributed by atoms with E-state index in [1.54, 1.807) is 0 Å². The summed E-state index contributed by atoms with van der Waals surface area (Å²) >= 11 is 0. The molecule has 0 unspecified atom stereocenters. The molecule has 14 heavy (non-hydrogen) atoms. The van der Waals surface area contributed by atoms with Crippen molar-refractivity contribution in [2.75, 3.05) is 26.2 Å². The van der Waals surface area contributed by atoms with Crippen LogP contribution in [0.5, 0.6) is 0 Å². The van der Waals surface area contributed by atoms with Crippen molar-refractivity contribution in [3.63, 3.8) is 0 Å². The van der Waals surface area contributed by atoms with Gasteiger partial charge in [0.05, 0.1) is 6.10 Å². The van der Waals surface area contributed by atoms with Gasteiger partial charge >= 0.3 is 0 Å². The fourth-order valence-electron chi connectivity index (χ4n) is 1.93. The van der Waals surface area contributed by atoms with Gasteiger partial charge in [0.1, 0.15) is 0 Å². The number of hydrogen-bond donors (Lipinski definition) is 1. The van der Waals surface area contributed by atoms with Crippen molar-refractivity contribution in [1.82, 2.24) is 4.90 Å². The molecule has 0 aromatic carbocycles. The molecule has 0 amide bonds. The first-order valence-electron chi connectivity index (χ1n) is 5.19. The zero-order valence-electron chi connectivity index (χ0n) is 8.63. The quantitative estimate of drug-likeness (QED) is 0.421. The standard InChI is InChI=1S/C9H18N4O/c1-2-8-7-13(5-3-9(8)14)6-4-11-12-10/h8-9,14H,2-7H2,1H3/t8-,9+/m0/s1. The maximum absolute atomic E-state index is 9.65. The normalized spacial score (nSPS) is 28.4. The summed E-state index contributed by atoms with van der Waals surface area (Å²) in [5.41, 5.74) is 8.14. The van der Waals surface area contributed by atoms with E-state index < -0.39 is 0 Å². The van der Waals surface area contributed by atoms with Crippen LogP contribution in [0.15, 0.2) is 5.11 Å². The van der Waals surface area contributed by atoms with Crippen molar-refractivity contribution in [1.29, 1.82) is 0 Å². The van der Waals surface area contributed by atoms with E-state index in [0.29, 0.717) is 12.5 Å². The van der Waals surface area contributed by atoms with Gasteiger partial charge in [-0.25, -0.2) is 0 Å². The minimum absolute atomic E-state index is 0.143. The molecular formula is C9H18N4O. The third-order valence-electron chi connectivity index (χ3n) is 2.88. The maximum atomic E-state index is 9.65. The van der Waals surface area contributed by atoms with Crippen LogP contribution in [0.4, 0.5) is 0 Å². The van der Waals surface area contributed by atoms with E-state index in [-0.39, 0.29) is 6.10 Å². The maximum Gasteiger partial charge on any atom is 0.0592 e. The van der Waals surface area contributed by atoms with E-state index in [0.717, 1.165) is 32.5 Å². The molecule has 1 saturated heterocycles. The summed E-state index contributed by atoms with van der Waals surface area (Å²) < 4.78 is 0. The largest absolute Gasteiger partial charge is 0.393 e. The zero-order valence-corrected chi connectivity index (χ0v) is 8.63. The fourth-order valence-corrected chi connectivity index (χ4v) is 1.93. The molecule has 0 aliphatic carbocycles. The monoisotopic (exact) mass is 198 g/mol. The van der Waals surface area contributed by atoms with E-state index in [1.165, 1.54) is 0 Å². The number of rotatable bonds is 4. The van der Waals surface area contributed by atoms with E-state index in [2.05, 4.69) is 21.8 Å². The van der Waals surface area contributed by atoms with E-state index >= 15 is 0 Å². The van der Waals surface area contributed by atoms with Crippen molar-refractivity contribution >= 4 is 0 Å². The summed E-state index contributed by atoms with van der Waals surface area (Å²) in [6, 6.07) is 0. The molecule has 1 fully saturated rings. The minimum Gasteiger partial charge on any atom is -0.393 e. The highest BCUT2D eigenvalue weighted by atomic mass is 16.3. The van der Waals surface area contributed by atoms with Crippen LogP contribution in [-0.4, -0.2) is 42.3 Å². The molecule has 0 aromatic heterocycles. The van der Waals surface area contributed by atoms with Crippen LogP contribution in [0.25, 0.3) is 10.4 Å². The van der Waals surface area contributed by atoms with Gasteiger partial charge in [-0.2, -0.15) is 0 Å². The highest BCUT2D eigenvalue weighted by molar-refractivity contribution is 4.79. The van der Waals surface area contributed by atoms with Crippen LogP contribution < -0.4 is 0 Å². The Morgan fingerprint density at radius 1 is 1.64 bits per heavy atom. The Morgan fingerprint density at radius 2 is 2.43 bits per heavy atom. The van der Waals surface area contributed by atoms with Crippen LogP contribution in [0.1, 0.15) is 19.8 Å². The molecule has 80 valence electrons. The number of aliphatic hydroxyl groups is 1. The summed E-state index contributed by atoms with van der Waals surface area (Å²) in [6.45, 7) is 5.29. The Kier molecular flexibility index (Phi) is 4.73. The Balaban J connectivity index is 2.30. The molecular weight excluding hydrogens is 180 g/mol. The fraction of sp³-hybridized carbons (Fsp3) is 1.00. The third kappa shape index (κ3) is 3.18. The van der Waals surface area contributed by atoms with Crippen molar-refractivity contribution in [2.45, 2.75) is 25.9 Å². The Labute approximate surface area is 84.3 Å². The second kappa shape index (κ2) is 5.86. The summed E-state index contributed by atoms with van der Waals surface area (Å²) in [5, 5.41) is 13.2. The highest BCUT2D eigenvalue weighted by Gasteiger charge is 2.25. The van der Waals surface area contributed by atoms with Crippen LogP contribution in [0, 0.1) is 5.92 Å². The molecule has 1 aliphatic rings. The number of aliphatic hydroxyl groups excluding tert-OH is 1. The Bertz CT molecular complexity index is 215. The van der Waals surface area contributed by atoms with Gasteiger partial charge in [0, 0.05) is 31.1 Å². The van der Waals surface area contributed by atoms with E-state index in [4.69, 9.17) is 5.53 Å². The van der Waals surface area contributed by atoms with Crippen LogP contribution >= 0.6 is 0 Å². The number of nitrogens with zero attached hydrogens (tertiary/aromatic N) is 4. The summed E-state index contributed by atoms with van der Waals surface area (Å²) in [6.07, 6.45) is 1.71. The molecule has 1 heterocycles. The second-order valence-electron chi connectivity index (χ2n) is 3.78. The molecule has 5 nitrogen and oxygen atoms in total. The Hall–Kier alpha value is -0.770. The first kappa shape index (κ1) is 11.3. The molecule has 2 atom stereocenters. The van der Waals surface area contributed by atoms with E-state index in [1.807, 2.05) is 0 Å². The lowest BCUT2D eigenvalue weighted by Gasteiger charge is -2.35. The van der Waals surface area contributed by atoms with Gasteiger partial charge in [0.2, 0.25) is 0 Å². The van der Waals surface area contributed by atoms with Crippen LogP contribution in [0.3, 0.4) is 0 Å². The van der Waals surface area contributed by atoms with Crippen LogP contribution in [0.2, 0.25) is 0 Å². The smallest absolute Gasteiger partial charge is 0.0592 e. The van der Waals surface area contributed by atoms with Gasteiger partial charge in [-0.15, -0.1) is 0 Å². The number of likely N-dealkylation sites (tertiary alicyclic amines) is 1. The van der Waals surface area contributed by atoms with Gasteiger partial charge in [-0.05, 0) is 24.3 Å². The average Bonchev–Trinajstić information content (AvgIpc) is 2.21. The lowest BCUT2D eigenvalue weighted by Crippen LogP contribution is -2.43. The minimum atomic E-state index is -0.143.